The Hall–Kier alpha value is -3.39. The van der Waals surface area contributed by atoms with Gasteiger partial charge in [0.2, 0.25) is 0 Å². The Labute approximate surface area is 193 Å². The highest BCUT2D eigenvalue weighted by Crippen LogP contribution is 2.28. The summed E-state index contributed by atoms with van der Waals surface area (Å²) in [5, 5.41) is 3.93. The molecule has 32 heavy (non-hydrogen) atoms. The highest BCUT2D eigenvalue weighted by atomic mass is 16.6. The van der Waals surface area contributed by atoms with Crippen LogP contribution in [0.2, 0.25) is 0 Å². The molecule has 0 bridgehead atoms. The predicted molar refractivity (Wildman–Crippen MR) is 132 cm³/mol. The van der Waals surface area contributed by atoms with Crippen LogP contribution < -0.4 is 14.2 Å². The van der Waals surface area contributed by atoms with Crippen molar-refractivity contribution in [1.29, 1.82) is 0 Å². The van der Waals surface area contributed by atoms with E-state index in [0.717, 1.165) is 39.7 Å². The van der Waals surface area contributed by atoms with Crippen molar-refractivity contribution in [3.8, 4) is 29.1 Å². The number of benzene rings is 2. The first-order chi connectivity index (χ1) is 15.5. The Morgan fingerprint density at radius 2 is 1.59 bits per heavy atom. The second-order valence-corrected chi connectivity index (χ2v) is 6.58. The van der Waals surface area contributed by atoms with Gasteiger partial charge in [-0.1, -0.05) is 55.1 Å². The van der Waals surface area contributed by atoms with E-state index in [9.17, 15) is 0 Å². The fourth-order valence-corrected chi connectivity index (χ4v) is 2.79. The number of nitrogens with zero attached hydrogens (tertiary/aromatic N) is 1. The molecule has 0 spiro atoms. The van der Waals surface area contributed by atoms with E-state index in [1.165, 1.54) is 7.11 Å². The molecule has 0 saturated carbocycles. The second kappa shape index (κ2) is 15.4. The maximum absolute atomic E-state index is 5.85. The highest BCUT2D eigenvalue weighted by Gasteiger charge is 2.06. The van der Waals surface area contributed by atoms with Crippen molar-refractivity contribution < 1.29 is 19.0 Å². The quantitative estimate of drug-likeness (QED) is 0.205. The summed E-state index contributed by atoms with van der Waals surface area (Å²) in [7, 11) is 1.53. The molecule has 0 aliphatic heterocycles. The Morgan fingerprint density at radius 3 is 2.22 bits per heavy atom. The van der Waals surface area contributed by atoms with Crippen molar-refractivity contribution in [1.82, 2.24) is 0 Å². The lowest BCUT2D eigenvalue weighted by Gasteiger charge is -2.12. The van der Waals surface area contributed by atoms with Crippen LogP contribution in [0, 0.1) is 25.7 Å². The second-order valence-electron chi connectivity index (χ2n) is 6.58. The van der Waals surface area contributed by atoms with Crippen molar-refractivity contribution in [2.75, 3.05) is 26.9 Å². The zero-order chi connectivity index (χ0) is 23.8. The van der Waals surface area contributed by atoms with Crippen molar-refractivity contribution in [2.24, 2.45) is 5.16 Å². The zero-order valence-electron chi connectivity index (χ0n) is 20.3. The monoisotopic (exact) mass is 437 g/mol. The molecule has 0 atom stereocenters. The van der Waals surface area contributed by atoms with Gasteiger partial charge in [0.1, 0.15) is 44.2 Å². The smallest absolute Gasteiger partial charge is 0.149 e. The predicted octanol–water partition coefficient (Wildman–Crippen LogP) is 6.12. The molecular formula is C27H35NO4. The number of ether oxygens (including phenoxy) is 3. The molecule has 0 fully saturated rings. The lowest BCUT2D eigenvalue weighted by atomic mass is 10.1. The summed E-state index contributed by atoms with van der Waals surface area (Å²) >= 11 is 0. The van der Waals surface area contributed by atoms with E-state index in [1.807, 2.05) is 90.1 Å². The molecule has 0 saturated heterocycles. The molecule has 172 valence electrons. The van der Waals surface area contributed by atoms with E-state index in [1.54, 1.807) is 0 Å². The van der Waals surface area contributed by atoms with Gasteiger partial charge < -0.3 is 19.0 Å². The minimum absolute atomic E-state index is 0.281. The fourth-order valence-electron chi connectivity index (χ4n) is 2.79. The number of hydrogen-bond donors (Lipinski definition) is 0. The molecule has 0 unspecified atom stereocenters. The van der Waals surface area contributed by atoms with Crippen molar-refractivity contribution >= 4 is 5.71 Å². The van der Waals surface area contributed by atoms with Crippen LogP contribution >= 0.6 is 0 Å². The number of oxime groups is 1. The maximum atomic E-state index is 5.85. The van der Waals surface area contributed by atoms with Crippen LogP contribution in [-0.4, -0.2) is 32.6 Å². The van der Waals surface area contributed by atoms with Gasteiger partial charge in [0.25, 0.3) is 0 Å². The first kappa shape index (κ1) is 26.6. The average molecular weight is 438 g/mol. The summed E-state index contributed by atoms with van der Waals surface area (Å²) < 4.78 is 17.2. The third-order valence-electron chi connectivity index (χ3n) is 4.22. The molecule has 0 radical (unpaired) electrons. The standard InChI is InChI=1S/C25H29NO4.C2H6/c1-6-7-13-29-24-16-19(2)25(20(3)17-24)30-15-9-8-14-28-23-12-10-11-22(18-23)21(4)26-27-5;1-2/h6-7,10-12,16-18H,13-15H2,1-5H3;1-2H3/b7-6+,26-21-;. The number of allylic oxidation sites excluding steroid dienone is 1. The lowest BCUT2D eigenvalue weighted by molar-refractivity contribution is 0.213. The van der Waals surface area contributed by atoms with Gasteiger partial charge >= 0.3 is 0 Å². The van der Waals surface area contributed by atoms with Crippen LogP contribution in [0.4, 0.5) is 0 Å². The van der Waals surface area contributed by atoms with E-state index >= 15 is 0 Å². The van der Waals surface area contributed by atoms with Gasteiger partial charge in [-0.3, -0.25) is 0 Å². The van der Waals surface area contributed by atoms with Gasteiger partial charge in [0.05, 0.1) is 5.71 Å². The van der Waals surface area contributed by atoms with E-state index in [4.69, 9.17) is 19.0 Å². The van der Waals surface area contributed by atoms with Gasteiger partial charge in [-0.05, 0) is 63.1 Å². The van der Waals surface area contributed by atoms with E-state index in [-0.39, 0.29) is 6.61 Å². The van der Waals surface area contributed by atoms with Gasteiger partial charge in [0, 0.05) is 5.56 Å². The summed E-state index contributed by atoms with van der Waals surface area (Å²) in [6, 6.07) is 11.6. The van der Waals surface area contributed by atoms with Crippen LogP contribution in [-0.2, 0) is 4.84 Å². The van der Waals surface area contributed by atoms with Crippen LogP contribution in [0.1, 0.15) is 44.4 Å². The molecule has 2 aromatic carbocycles. The summed E-state index contributed by atoms with van der Waals surface area (Å²) in [5.74, 6) is 8.37. The summed E-state index contributed by atoms with van der Waals surface area (Å²) in [6.45, 7) is 13.0. The molecule has 0 aliphatic rings. The lowest BCUT2D eigenvalue weighted by Crippen LogP contribution is -2.01. The van der Waals surface area contributed by atoms with Gasteiger partial charge in [-0.2, -0.15) is 0 Å². The molecule has 0 aromatic heterocycles. The third kappa shape index (κ3) is 9.18. The number of rotatable bonds is 9. The Balaban J connectivity index is 0.00000249. The molecule has 0 aliphatic carbocycles. The molecule has 0 amide bonds. The SMILES string of the molecule is C/C=C/COc1cc(C)c(OCC#CCOc2cccc(/C(C)=N\OC)c2)c(C)c1.CC. The normalized spacial score (nSPS) is 10.5. The molecule has 2 aromatic rings. The Bertz CT molecular complexity index is 929. The molecular weight excluding hydrogens is 402 g/mol. The van der Waals surface area contributed by atoms with Crippen LogP contribution in [0.15, 0.2) is 53.7 Å². The number of hydrogen-bond acceptors (Lipinski definition) is 5. The first-order valence-electron chi connectivity index (χ1n) is 10.8. The maximum Gasteiger partial charge on any atom is 0.149 e. The van der Waals surface area contributed by atoms with Crippen molar-refractivity contribution in [3.63, 3.8) is 0 Å². The summed E-state index contributed by atoms with van der Waals surface area (Å²) in [4.78, 5) is 4.81. The third-order valence-corrected chi connectivity index (χ3v) is 4.22. The molecule has 0 heterocycles. The van der Waals surface area contributed by atoms with Crippen molar-refractivity contribution in [3.05, 3.63) is 65.2 Å². The minimum atomic E-state index is 0.281. The first-order valence-corrected chi connectivity index (χ1v) is 10.8. The van der Waals surface area contributed by atoms with Crippen LogP contribution in [0.25, 0.3) is 0 Å². The minimum Gasteiger partial charge on any atom is -0.490 e. The summed E-state index contributed by atoms with van der Waals surface area (Å²) in [6.07, 6.45) is 3.93. The van der Waals surface area contributed by atoms with Gasteiger partial charge in [-0.25, -0.2) is 0 Å². The van der Waals surface area contributed by atoms with E-state index < -0.39 is 0 Å². The molecule has 2 rings (SSSR count). The van der Waals surface area contributed by atoms with Crippen LogP contribution in [0.3, 0.4) is 0 Å². The van der Waals surface area contributed by atoms with E-state index in [0.29, 0.717) is 13.2 Å². The van der Waals surface area contributed by atoms with Gasteiger partial charge in [0.15, 0.2) is 0 Å². The van der Waals surface area contributed by atoms with E-state index in [2.05, 4.69) is 17.0 Å². The summed E-state index contributed by atoms with van der Waals surface area (Å²) in [5.41, 5.74) is 3.77. The fraction of sp³-hybridized carbons (Fsp3) is 0.370. The van der Waals surface area contributed by atoms with Gasteiger partial charge in [-0.15, -0.1) is 0 Å². The average Bonchev–Trinajstić information content (AvgIpc) is 2.79. The Morgan fingerprint density at radius 1 is 0.938 bits per heavy atom. The highest BCUT2D eigenvalue weighted by molar-refractivity contribution is 5.98. The topological polar surface area (TPSA) is 49.3 Å². The number of aryl methyl sites for hydroxylation is 2. The Kier molecular flexibility index (Phi) is 12.8. The molecule has 5 heteroatoms. The van der Waals surface area contributed by atoms with Crippen LogP contribution in [0.5, 0.6) is 17.2 Å². The zero-order valence-corrected chi connectivity index (χ0v) is 20.3. The van der Waals surface area contributed by atoms with Crippen molar-refractivity contribution in [2.45, 2.75) is 41.5 Å². The molecule has 5 nitrogen and oxygen atoms in total. The molecule has 0 N–H and O–H groups in total. The largest absolute Gasteiger partial charge is 0.490 e.